The molecule has 0 radical (unpaired) electrons. The van der Waals surface area contributed by atoms with E-state index in [4.69, 9.17) is 4.55 Å². The molecule has 2 rings (SSSR count). The van der Waals surface area contributed by atoms with Crippen LogP contribution in [0.1, 0.15) is 11.1 Å². The van der Waals surface area contributed by atoms with Gasteiger partial charge < -0.3 is 4.18 Å². The normalized spacial score (nSPS) is 11.4. The van der Waals surface area contributed by atoms with Gasteiger partial charge in [0.2, 0.25) is 5.06 Å². The number of thiophene rings is 1. The van der Waals surface area contributed by atoms with Crippen molar-refractivity contribution in [2.75, 3.05) is 0 Å². The van der Waals surface area contributed by atoms with E-state index in [0.717, 1.165) is 22.5 Å². The van der Waals surface area contributed by atoms with Crippen LogP contribution in [0.3, 0.4) is 0 Å². The largest absolute Gasteiger partial charge is 0.447 e. The van der Waals surface area contributed by atoms with Crippen LogP contribution in [0, 0.1) is 0 Å². The molecule has 0 amide bonds. The molecule has 2 aromatic rings. The zero-order chi connectivity index (χ0) is 12.3. The minimum atomic E-state index is -4.45. The van der Waals surface area contributed by atoms with Crippen molar-refractivity contribution in [3.63, 3.8) is 0 Å². The molecule has 0 fully saturated rings. The van der Waals surface area contributed by atoms with Gasteiger partial charge in [-0.1, -0.05) is 30.3 Å². The van der Waals surface area contributed by atoms with Crippen molar-refractivity contribution in [2.45, 2.75) is 6.42 Å². The molecule has 0 unspecified atom stereocenters. The van der Waals surface area contributed by atoms with Gasteiger partial charge in [0, 0.05) is 12.0 Å². The van der Waals surface area contributed by atoms with E-state index in [-0.39, 0.29) is 5.06 Å². The van der Waals surface area contributed by atoms with E-state index >= 15 is 0 Å². The van der Waals surface area contributed by atoms with Crippen molar-refractivity contribution in [3.8, 4) is 5.06 Å². The molecular weight excluding hydrogens is 260 g/mol. The first-order valence-electron chi connectivity index (χ1n) is 4.82. The lowest BCUT2D eigenvalue weighted by Crippen LogP contribution is -2.06. The van der Waals surface area contributed by atoms with Crippen LogP contribution in [0.4, 0.5) is 0 Å². The van der Waals surface area contributed by atoms with Crippen LogP contribution in [-0.4, -0.2) is 13.0 Å². The Labute approximate surface area is 103 Å². The molecule has 0 bridgehead atoms. The summed E-state index contributed by atoms with van der Waals surface area (Å²) in [5.41, 5.74) is 1.78. The van der Waals surface area contributed by atoms with Gasteiger partial charge in [-0.05, 0) is 17.0 Å². The van der Waals surface area contributed by atoms with E-state index in [1.165, 1.54) is 0 Å². The van der Waals surface area contributed by atoms with E-state index < -0.39 is 10.4 Å². The molecule has 6 heteroatoms. The average Bonchev–Trinajstić information content (AvgIpc) is 2.65. The van der Waals surface area contributed by atoms with Crippen molar-refractivity contribution in [1.29, 1.82) is 0 Å². The number of hydrogen-bond donors (Lipinski definition) is 1. The Kier molecular flexibility index (Phi) is 3.46. The number of hydrogen-bond acceptors (Lipinski definition) is 4. The van der Waals surface area contributed by atoms with Crippen LogP contribution in [0.15, 0.2) is 41.8 Å². The van der Waals surface area contributed by atoms with E-state index in [9.17, 15) is 8.42 Å². The first-order valence-corrected chi connectivity index (χ1v) is 7.06. The smallest absolute Gasteiger partial charge is 0.350 e. The van der Waals surface area contributed by atoms with Gasteiger partial charge in [0.05, 0.1) is 0 Å². The molecule has 0 aliphatic carbocycles. The summed E-state index contributed by atoms with van der Waals surface area (Å²) in [4.78, 5) is 0. The summed E-state index contributed by atoms with van der Waals surface area (Å²) in [5, 5.41) is 1.93. The molecule has 4 nitrogen and oxygen atoms in total. The van der Waals surface area contributed by atoms with E-state index in [2.05, 4.69) is 4.18 Å². The molecule has 0 saturated heterocycles. The minimum absolute atomic E-state index is 0.205. The van der Waals surface area contributed by atoms with Gasteiger partial charge in [0.1, 0.15) is 0 Å². The molecule has 1 aromatic carbocycles. The molecule has 1 N–H and O–H groups in total. The van der Waals surface area contributed by atoms with Crippen molar-refractivity contribution in [1.82, 2.24) is 0 Å². The number of benzene rings is 1. The molecule has 0 aliphatic rings. The van der Waals surface area contributed by atoms with Gasteiger partial charge in [0.25, 0.3) is 0 Å². The summed E-state index contributed by atoms with van der Waals surface area (Å²) in [6.45, 7) is 0. The van der Waals surface area contributed by atoms with Crippen molar-refractivity contribution in [3.05, 3.63) is 52.9 Å². The van der Waals surface area contributed by atoms with Gasteiger partial charge in [-0.2, -0.15) is 8.42 Å². The van der Waals surface area contributed by atoms with Gasteiger partial charge in [-0.25, -0.2) is 0 Å². The maximum absolute atomic E-state index is 10.6. The average molecular weight is 270 g/mol. The molecule has 90 valence electrons. The topological polar surface area (TPSA) is 63.6 Å². The second-order valence-electron chi connectivity index (χ2n) is 3.41. The Hall–Kier alpha value is -1.37. The Morgan fingerprint density at radius 1 is 1.18 bits per heavy atom. The second kappa shape index (κ2) is 4.87. The van der Waals surface area contributed by atoms with Crippen LogP contribution < -0.4 is 4.18 Å². The highest BCUT2D eigenvalue weighted by Gasteiger charge is 2.13. The lowest BCUT2D eigenvalue weighted by molar-refractivity contribution is 0.389. The highest BCUT2D eigenvalue weighted by molar-refractivity contribution is 7.81. The van der Waals surface area contributed by atoms with Crippen LogP contribution in [-0.2, 0) is 16.8 Å². The molecular formula is C11H10O4S2. The van der Waals surface area contributed by atoms with Crippen LogP contribution >= 0.6 is 11.3 Å². The predicted molar refractivity (Wildman–Crippen MR) is 65.7 cm³/mol. The fraction of sp³-hybridized carbons (Fsp3) is 0.0909. The van der Waals surface area contributed by atoms with Crippen LogP contribution in [0.25, 0.3) is 0 Å². The predicted octanol–water partition coefficient (Wildman–Crippen LogP) is 2.52. The van der Waals surface area contributed by atoms with Crippen molar-refractivity contribution >= 4 is 21.7 Å². The number of rotatable bonds is 4. The fourth-order valence-electron chi connectivity index (χ4n) is 1.44. The zero-order valence-corrected chi connectivity index (χ0v) is 10.4. The summed E-state index contributed by atoms with van der Waals surface area (Å²) < 4.78 is 34.4. The third kappa shape index (κ3) is 3.55. The molecule has 17 heavy (non-hydrogen) atoms. The molecule has 0 aliphatic heterocycles. The second-order valence-corrected chi connectivity index (χ2v) is 5.31. The van der Waals surface area contributed by atoms with Crippen LogP contribution in [0.2, 0.25) is 0 Å². The van der Waals surface area contributed by atoms with Crippen molar-refractivity contribution < 1.29 is 17.2 Å². The van der Waals surface area contributed by atoms with Crippen LogP contribution in [0.5, 0.6) is 5.06 Å². The van der Waals surface area contributed by atoms with Gasteiger partial charge in [-0.15, -0.1) is 11.3 Å². The third-order valence-electron chi connectivity index (χ3n) is 2.12. The highest BCUT2D eigenvalue weighted by atomic mass is 32.3. The molecule has 0 atom stereocenters. The summed E-state index contributed by atoms with van der Waals surface area (Å²) >= 11 is 1.13. The minimum Gasteiger partial charge on any atom is -0.350 e. The maximum Gasteiger partial charge on any atom is 0.447 e. The van der Waals surface area contributed by atoms with Gasteiger partial charge in [-0.3, -0.25) is 4.55 Å². The first kappa shape index (κ1) is 12.1. The maximum atomic E-state index is 10.6. The summed E-state index contributed by atoms with van der Waals surface area (Å²) in [7, 11) is -4.45. The molecule has 1 heterocycles. The quantitative estimate of drug-likeness (QED) is 0.867. The lowest BCUT2D eigenvalue weighted by Gasteiger charge is -2.03. The van der Waals surface area contributed by atoms with E-state index in [0.29, 0.717) is 6.42 Å². The highest BCUT2D eigenvalue weighted by Crippen LogP contribution is 2.29. The molecule has 0 saturated carbocycles. The summed E-state index contributed by atoms with van der Waals surface area (Å²) in [5.74, 6) is 0. The monoisotopic (exact) mass is 270 g/mol. The van der Waals surface area contributed by atoms with E-state index in [1.807, 2.05) is 30.3 Å². The first-order chi connectivity index (χ1) is 8.04. The van der Waals surface area contributed by atoms with Crippen molar-refractivity contribution in [2.24, 2.45) is 0 Å². The standard InChI is InChI=1S/C11H10O4S2/c12-17(13,14)15-11-10(6-7-16-11)8-9-4-2-1-3-5-9/h1-7H,8H2,(H,12,13,14). The summed E-state index contributed by atoms with van der Waals surface area (Å²) in [6, 6.07) is 11.4. The van der Waals surface area contributed by atoms with Gasteiger partial charge in [0.15, 0.2) is 0 Å². The lowest BCUT2D eigenvalue weighted by atomic mass is 10.1. The molecule has 0 spiro atoms. The van der Waals surface area contributed by atoms with E-state index in [1.54, 1.807) is 11.4 Å². The Morgan fingerprint density at radius 3 is 2.53 bits per heavy atom. The van der Waals surface area contributed by atoms with Gasteiger partial charge >= 0.3 is 10.4 Å². The Bertz CT molecular complexity index is 587. The fourth-order valence-corrected chi connectivity index (χ4v) is 2.80. The summed E-state index contributed by atoms with van der Waals surface area (Å²) in [6.07, 6.45) is 0.565. The zero-order valence-electron chi connectivity index (χ0n) is 8.74. The molecule has 1 aromatic heterocycles. The third-order valence-corrected chi connectivity index (χ3v) is 3.44. The Balaban J connectivity index is 2.20. The SMILES string of the molecule is O=S(=O)(O)Oc1sccc1Cc1ccccc1. The Morgan fingerprint density at radius 2 is 1.88 bits per heavy atom.